The molecule has 2 fully saturated rings. The van der Waals surface area contributed by atoms with Crippen LogP contribution in [-0.4, -0.2) is 39.8 Å². The highest BCUT2D eigenvalue weighted by Crippen LogP contribution is 2.40. The standard InChI is InChI=1S/C17H19N5O/c18-11-21-5-3-12(9-21)8-19-17(23)15-10-22-6-4-14(13-1-2-13)7-16(22)20-15/h4,6-7,10,12-13H,1-3,5,8-9H2,(H,19,23). The lowest BCUT2D eigenvalue weighted by atomic mass is 10.1. The quantitative estimate of drug-likeness (QED) is 0.873. The Bertz CT molecular complexity index is 786. The molecular formula is C17H19N5O. The highest BCUT2D eigenvalue weighted by molar-refractivity contribution is 5.92. The number of hydrogen-bond acceptors (Lipinski definition) is 4. The predicted octanol–water partition coefficient (Wildman–Crippen LogP) is 1.74. The Kier molecular flexibility index (Phi) is 3.41. The summed E-state index contributed by atoms with van der Waals surface area (Å²) < 4.78 is 1.90. The smallest absolute Gasteiger partial charge is 0.271 e. The largest absolute Gasteiger partial charge is 0.350 e. The number of imidazole rings is 1. The summed E-state index contributed by atoms with van der Waals surface area (Å²) in [6.07, 6.45) is 9.37. The third kappa shape index (κ3) is 2.87. The van der Waals surface area contributed by atoms with Gasteiger partial charge in [0.2, 0.25) is 0 Å². The molecule has 23 heavy (non-hydrogen) atoms. The van der Waals surface area contributed by atoms with Gasteiger partial charge in [0.25, 0.3) is 5.91 Å². The van der Waals surface area contributed by atoms with Crippen LogP contribution in [0.2, 0.25) is 0 Å². The molecule has 6 heteroatoms. The number of hydrogen-bond donors (Lipinski definition) is 1. The fourth-order valence-electron chi connectivity index (χ4n) is 3.20. The lowest BCUT2D eigenvalue weighted by molar-refractivity contribution is 0.0943. The number of rotatable bonds is 4. The molecule has 2 aromatic rings. The Morgan fingerprint density at radius 3 is 3.04 bits per heavy atom. The van der Waals surface area contributed by atoms with E-state index < -0.39 is 0 Å². The van der Waals surface area contributed by atoms with Gasteiger partial charge in [-0.3, -0.25) is 4.79 Å². The van der Waals surface area contributed by atoms with Crippen LogP contribution in [0.5, 0.6) is 0 Å². The van der Waals surface area contributed by atoms with Crippen molar-refractivity contribution in [1.82, 2.24) is 19.6 Å². The minimum atomic E-state index is -0.142. The van der Waals surface area contributed by atoms with Crippen LogP contribution in [0.3, 0.4) is 0 Å². The normalized spacial score (nSPS) is 20.7. The SMILES string of the molecule is N#CN1CCC(CNC(=O)c2cn3ccc(C4CC4)cc3n2)C1. The van der Waals surface area contributed by atoms with Crippen molar-refractivity contribution in [3.63, 3.8) is 0 Å². The number of nitrogens with zero attached hydrogens (tertiary/aromatic N) is 4. The van der Waals surface area contributed by atoms with Crippen LogP contribution in [0, 0.1) is 17.4 Å². The molecule has 1 aliphatic carbocycles. The Balaban J connectivity index is 1.42. The Hall–Kier alpha value is -2.55. The molecule has 4 rings (SSSR count). The van der Waals surface area contributed by atoms with Crippen molar-refractivity contribution < 1.29 is 4.79 Å². The van der Waals surface area contributed by atoms with Gasteiger partial charge in [0.15, 0.2) is 6.19 Å². The first kappa shape index (κ1) is 14.1. The number of likely N-dealkylation sites (tertiary alicyclic amines) is 1. The minimum absolute atomic E-state index is 0.142. The first-order valence-corrected chi connectivity index (χ1v) is 8.14. The van der Waals surface area contributed by atoms with Crippen molar-refractivity contribution in [2.24, 2.45) is 5.92 Å². The predicted molar refractivity (Wildman–Crippen MR) is 84.8 cm³/mol. The van der Waals surface area contributed by atoms with Crippen LogP contribution in [0.4, 0.5) is 0 Å². The average Bonchev–Trinajstić information content (AvgIpc) is 3.17. The Labute approximate surface area is 134 Å². The zero-order valence-electron chi connectivity index (χ0n) is 12.9. The van der Waals surface area contributed by atoms with Crippen molar-refractivity contribution in [2.45, 2.75) is 25.2 Å². The molecule has 0 aromatic carbocycles. The molecule has 1 N–H and O–H groups in total. The van der Waals surface area contributed by atoms with E-state index in [0.29, 0.717) is 24.1 Å². The summed E-state index contributed by atoms with van der Waals surface area (Å²) in [5.74, 6) is 0.883. The van der Waals surface area contributed by atoms with Gasteiger partial charge >= 0.3 is 0 Å². The highest BCUT2D eigenvalue weighted by Gasteiger charge is 2.24. The van der Waals surface area contributed by atoms with E-state index in [1.165, 1.54) is 18.4 Å². The summed E-state index contributed by atoms with van der Waals surface area (Å²) in [5, 5.41) is 11.8. The summed E-state index contributed by atoms with van der Waals surface area (Å²) in [7, 11) is 0. The molecular weight excluding hydrogens is 290 g/mol. The van der Waals surface area contributed by atoms with Gasteiger partial charge in [-0.1, -0.05) is 0 Å². The van der Waals surface area contributed by atoms with E-state index in [0.717, 1.165) is 25.2 Å². The molecule has 1 saturated carbocycles. The average molecular weight is 309 g/mol. The molecule has 1 aliphatic heterocycles. The fourth-order valence-corrected chi connectivity index (χ4v) is 3.20. The van der Waals surface area contributed by atoms with E-state index in [1.54, 1.807) is 11.1 Å². The number of fused-ring (bicyclic) bond motifs is 1. The van der Waals surface area contributed by atoms with Crippen LogP contribution >= 0.6 is 0 Å². The first-order valence-electron chi connectivity index (χ1n) is 8.14. The van der Waals surface area contributed by atoms with E-state index in [9.17, 15) is 4.79 Å². The van der Waals surface area contributed by atoms with Crippen LogP contribution < -0.4 is 5.32 Å². The Morgan fingerprint density at radius 1 is 1.43 bits per heavy atom. The third-order valence-corrected chi connectivity index (χ3v) is 4.74. The summed E-state index contributed by atoms with van der Waals surface area (Å²) in [4.78, 5) is 18.5. The number of carbonyl (C=O) groups excluding carboxylic acids is 1. The monoisotopic (exact) mass is 309 g/mol. The maximum absolute atomic E-state index is 12.3. The van der Waals surface area contributed by atoms with Gasteiger partial charge < -0.3 is 14.6 Å². The van der Waals surface area contributed by atoms with Gasteiger partial charge in [0.1, 0.15) is 11.3 Å². The number of aromatic nitrogens is 2. The van der Waals surface area contributed by atoms with Crippen molar-refractivity contribution in [3.8, 4) is 6.19 Å². The highest BCUT2D eigenvalue weighted by atomic mass is 16.1. The molecule has 6 nitrogen and oxygen atoms in total. The van der Waals surface area contributed by atoms with Crippen molar-refractivity contribution >= 4 is 11.6 Å². The lowest BCUT2D eigenvalue weighted by Crippen LogP contribution is -2.30. The molecule has 0 radical (unpaired) electrons. The summed E-state index contributed by atoms with van der Waals surface area (Å²) in [5.41, 5.74) is 2.60. The van der Waals surface area contributed by atoms with E-state index >= 15 is 0 Å². The molecule has 1 amide bonds. The second-order valence-corrected chi connectivity index (χ2v) is 6.54. The number of amides is 1. The summed E-state index contributed by atoms with van der Waals surface area (Å²) in [6.45, 7) is 2.11. The second-order valence-electron chi connectivity index (χ2n) is 6.54. The molecule has 118 valence electrons. The zero-order valence-corrected chi connectivity index (χ0v) is 12.9. The maximum atomic E-state index is 12.3. The van der Waals surface area contributed by atoms with Crippen LogP contribution in [0.15, 0.2) is 24.5 Å². The van der Waals surface area contributed by atoms with Crippen molar-refractivity contribution in [2.75, 3.05) is 19.6 Å². The van der Waals surface area contributed by atoms with E-state index in [1.807, 2.05) is 10.6 Å². The molecule has 1 atom stereocenters. The lowest BCUT2D eigenvalue weighted by Gasteiger charge is -2.10. The van der Waals surface area contributed by atoms with Gasteiger partial charge in [0, 0.05) is 32.0 Å². The van der Waals surface area contributed by atoms with Crippen LogP contribution in [-0.2, 0) is 0 Å². The molecule has 1 unspecified atom stereocenters. The first-order chi connectivity index (χ1) is 11.2. The molecule has 3 heterocycles. The summed E-state index contributed by atoms with van der Waals surface area (Å²) in [6, 6.07) is 4.19. The van der Waals surface area contributed by atoms with E-state index in [2.05, 4.69) is 28.6 Å². The number of carbonyl (C=O) groups is 1. The number of pyridine rings is 1. The maximum Gasteiger partial charge on any atom is 0.271 e. The number of nitrogens with one attached hydrogen (secondary N) is 1. The third-order valence-electron chi connectivity index (χ3n) is 4.74. The summed E-state index contributed by atoms with van der Waals surface area (Å²) >= 11 is 0. The van der Waals surface area contributed by atoms with Crippen molar-refractivity contribution in [1.29, 1.82) is 5.26 Å². The number of nitriles is 1. The van der Waals surface area contributed by atoms with E-state index in [-0.39, 0.29) is 5.91 Å². The zero-order chi connectivity index (χ0) is 15.8. The van der Waals surface area contributed by atoms with Gasteiger partial charge in [-0.25, -0.2) is 4.98 Å². The fraction of sp³-hybridized carbons (Fsp3) is 0.471. The van der Waals surface area contributed by atoms with Crippen LogP contribution in [0.25, 0.3) is 5.65 Å². The Morgan fingerprint density at radius 2 is 2.30 bits per heavy atom. The van der Waals surface area contributed by atoms with Gasteiger partial charge in [-0.15, -0.1) is 0 Å². The van der Waals surface area contributed by atoms with Gasteiger partial charge in [-0.2, -0.15) is 5.26 Å². The van der Waals surface area contributed by atoms with Crippen molar-refractivity contribution in [3.05, 3.63) is 35.8 Å². The van der Waals surface area contributed by atoms with Gasteiger partial charge in [-0.05, 0) is 48.8 Å². The van der Waals surface area contributed by atoms with E-state index in [4.69, 9.17) is 5.26 Å². The molecule has 1 saturated heterocycles. The minimum Gasteiger partial charge on any atom is -0.350 e. The molecule has 2 aliphatic rings. The topological polar surface area (TPSA) is 73.4 Å². The van der Waals surface area contributed by atoms with Crippen LogP contribution in [0.1, 0.15) is 41.2 Å². The second kappa shape index (κ2) is 5.58. The molecule has 0 bridgehead atoms. The molecule has 2 aromatic heterocycles. The molecule has 0 spiro atoms. The van der Waals surface area contributed by atoms with Gasteiger partial charge in [0.05, 0.1) is 0 Å².